The molecule has 0 saturated carbocycles. The van der Waals surface area contributed by atoms with Gasteiger partial charge in [0.15, 0.2) is 0 Å². The zero-order valence-electron chi connectivity index (χ0n) is 12.3. The summed E-state index contributed by atoms with van der Waals surface area (Å²) in [5.74, 6) is 0. The quantitative estimate of drug-likeness (QED) is 0.853. The molecule has 2 fully saturated rings. The molecule has 1 N–H and O–H groups in total. The predicted octanol–water partition coefficient (Wildman–Crippen LogP) is 3.82. The van der Waals surface area contributed by atoms with Crippen molar-refractivity contribution in [1.82, 2.24) is 0 Å². The van der Waals surface area contributed by atoms with Crippen LogP contribution in [-0.4, -0.2) is 22.8 Å². The summed E-state index contributed by atoms with van der Waals surface area (Å²) in [5.41, 5.74) is 2.08. The van der Waals surface area contributed by atoms with Crippen LogP contribution in [0.15, 0.2) is 12.1 Å². The largest absolute Gasteiger partial charge is 0.390 e. The summed E-state index contributed by atoms with van der Waals surface area (Å²) in [6, 6.07) is 6.70. The van der Waals surface area contributed by atoms with Crippen LogP contribution in [0, 0.1) is 18.3 Å². The van der Waals surface area contributed by atoms with E-state index in [0.29, 0.717) is 22.7 Å². The summed E-state index contributed by atoms with van der Waals surface area (Å²) in [6.07, 6.45) is 3.86. The van der Waals surface area contributed by atoms with Crippen LogP contribution >= 0.6 is 24.0 Å². The number of aliphatic hydroxyl groups is 1. The molecule has 0 aromatic heterocycles. The number of hydrogen-bond donors (Lipinski definition) is 1. The van der Waals surface area contributed by atoms with E-state index < -0.39 is 5.60 Å². The normalized spacial score (nSPS) is 30.7. The summed E-state index contributed by atoms with van der Waals surface area (Å²) >= 11 is 6.29. The van der Waals surface area contributed by atoms with Crippen LogP contribution in [0.5, 0.6) is 0 Å². The average Bonchev–Trinajstić information content (AvgIpc) is 2.66. The Hall–Kier alpha value is -0.950. The van der Waals surface area contributed by atoms with Crippen molar-refractivity contribution in [3.8, 4) is 6.07 Å². The Morgan fingerprint density at radius 1 is 1.33 bits per heavy atom. The number of benzene rings is 1. The van der Waals surface area contributed by atoms with Crippen LogP contribution in [0.4, 0.5) is 5.69 Å². The van der Waals surface area contributed by atoms with Crippen molar-refractivity contribution in [2.45, 2.75) is 57.2 Å². The van der Waals surface area contributed by atoms with Crippen LogP contribution in [-0.2, 0) is 0 Å². The Labute approximate surface area is 136 Å². The van der Waals surface area contributed by atoms with E-state index in [1.807, 2.05) is 19.9 Å². The number of fused-ring (bicyclic) bond motifs is 2. The molecule has 21 heavy (non-hydrogen) atoms. The van der Waals surface area contributed by atoms with E-state index in [1.165, 1.54) is 0 Å². The third-order valence-corrected chi connectivity index (χ3v) is 5.21. The van der Waals surface area contributed by atoms with E-state index in [2.05, 4.69) is 11.0 Å². The molecule has 2 aliphatic heterocycles. The van der Waals surface area contributed by atoms with Crippen LogP contribution < -0.4 is 4.90 Å². The van der Waals surface area contributed by atoms with Gasteiger partial charge >= 0.3 is 0 Å². The molecule has 2 bridgehead atoms. The molecule has 1 aromatic carbocycles. The SMILES string of the molecule is Cc1c(N2[C@@H]3CC[C@H]2C[C@](C)(O)C3)ccc(C#N)c1Cl.Cl. The molecule has 5 heteroatoms. The Balaban J connectivity index is 0.00000161. The minimum absolute atomic E-state index is 0. The highest BCUT2D eigenvalue weighted by Crippen LogP contribution is 2.45. The second-order valence-corrected chi connectivity index (χ2v) is 6.76. The van der Waals surface area contributed by atoms with E-state index in [4.69, 9.17) is 16.9 Å². The standard InChI is InChI=1S/C16H19ClN2O.ClH/c1-10-14(6-3-11(9-18)15(10)17)19-12-4-5-13(19)8-16(2,20)7-12;/h3,6,12-13,20H,4-5,7-8H2,1-2H3;1H/t12-,13+,16-;. The van der Waals surface area contributed by atoms with Gasteiger partial charge in [-0.15, -0.1) is 12.4 Å². The average molecular weight is 327 g/mol. The second kappa shape index (κ2) is 5.68. The summed E-state index contributed by atoms with van der Waals surface area (Å²) in [7, 11) is 0. The Kier molecular flexibility index (Phi) is 4.44. The van der Waals surface area contributed by atoms with Gasteiger partial charge in [0.05, 0.1) is 16.2 Å². The third-order valence-electron chi connectivity index (χ3n) is 4.73. The van der Waals surface area contributed by atoms with Gasteiger partial charge in [-0.05, 0) is 57.2 Å². The summed E-state index contributed by atoms with van der Waals surface area (Å²) in [4.78, 5) is 2.42. The van der Waals surface area contributed by atoms with Crippen molar-refractivity contribution in [3.05, 3.63) is 28.3 Å². The van der Waals surface area contributed by atoms with Crippen molar-refractivity contribution >= 4 is 29.7 Å². The lowest BCUT2D eigenvalue weighted by molar-refractivity contribution is 0.0199. The van der Waals surface area contributed by atoms with Gasteiger partial charge in [0.25, 0.3) is 0 Å². The monoisotopic (exact) mass is 326 g/mol. The van der Waals surface area contributed by atoms with E-state index in [0.717, 1.165) is 36.9 Å². The summed E-state index contributed by atoms with van der Waals surface area (Å²) < 4.78 is 0. The first-order chi connectivity index (χ1) is 9.43. The van der Waals surface area contributed by atoms with Crippen molar-refractivity contribution in [2.24, 2.45) is 0 Å². The van der Waals surface area contributed by atoms with E-state index in [9.17, 15) is 5.11 Å². The summed E-state index contributed by atoms with van der Waals surface area (Å²) in [6.45, 7) is 3.92. The number of rotatable bonds is 1. The van der Waals surface area contributed by atoms with E-state index in [1.54, 1.807) is 6.07 Å². The lowest BCUT2D eigenvalue weighted by Gasteiger charge is -2.44. The van der Waals surface area contributed by atoms with Gasteiger partial charge in [-0.3, -0.25) is 0 Å². The topological polar surface area (TPSA) is 47.3 Å². The van der Waals surface area contributed by atoms with Gasteiger partial charge in [0, 0.05) is 17.8 Å². The van der Waals surface area contributed by atoms with Crippen LogP contribution in [0.25, 0.3) is 0 Å². The molecular weight excluding hydrogens is 307 g/mol. The molecule has 3 rings (SSSR count). The van der Waals surface area contributed by atoms with Crippen LogP contribution in [0.3, 0.4) is 0 Å². The first kappa shape index (κ1) is 16.4. The number of halogens is 2. The number of nitriles is 1. The van der Waals surface area contributed by atoms with Crippen LogP contribution in [0.1, 0.15) is 43.7 Å². The second-order valence-electron chi connectivity index (χ2n) is 6.38. The maximum Gasteiger partial charge on any atom is 0.101 e. The molecule has 3 atom stereocenters. The fourth-order valence-corrected chi connectivity index (χ4v) is 4.10. The van der Waals surface area contributed by atoms with Crippen molar-refractivity contribution in [2.75, 3.05) is 4.90 Å². The highest BCUT2D eigenvalue weighted by molar-refractivity contribution is 6.32. The van der Waals surface area contributed by atoms with Gasteiger partial charge in [-0.2, -0.15) is 5.26 Å². The number of hydrogen-bond acceptors (Lipinski definition) is 3. The molecule has 1 aromatic rings. The van der Waals surface area contributed by atoms with Crippen molar-refractivity contribution in [3.63, 3.8) is 0 Å². The molecule has 0 spiro atoms. The zero-order chi connectivity index (χ0) is 14.5. The molecule has 2 heterocycles. The number of nitrogens with zero attached hydrogens (tertiary/aromatic N) is 2. The number of anilines is 1. The van der Waals surface area contributed by atoms with Gasteiger partial charge in [-0.25, -0.2) is 0 Å². The summed E-state index contributed by atoms with van der Waals surface area (Å²) in [5, 5.41) is 19.9. The fourth-order valence-electron chi connectivity index (χ4n) is 3.89. The maximum absolute atomic E-state index is 10.3. The molecule has 0 amide bonds. The van der Waals surface area contributed by atoms with Crippen molar-refractivity contribution in [1.29, 1.82) is 5.26 Å². The smallest absolute Gasteiger partial charge is 0.101 e. The molecular formula is C16H20Cl2N2O. The minimum Gasteiger partial charge on any atom is -0.390 e. The maximum atomic E-state index is 10.3. The molecule has 3 nitrogen and oxygen atoms in total. The molecule has 0 radical (unpaired) electrons. The van der Waals surface area contributed by atoms with E-state index >= 15 is 0 Å². The van der Waals surface area contributed by atoms with Crippen LogP contribution in [0.2, 0.25) is 5.02 Å². The highest BCUT2D eigenvalue weighted by Gasteiger charge is 2.45. The zero-order valence-corrected chi connectivity index (χ0v) is 13.8. The Morgan fingerprint density at radius 2 is 1.90 bits per heavy atom. The molecule has 114 valence electrons. The first-order valence-corrected chi connectivity index (χ1v) is 7.50. The third kappa shape index (κ3) is 2.73. The van der Waals surface area contributed by atoms with Gasteiger partial charge < -0.3 is 10.0 Å². The predicted molar refractivity (Wildman–Crippen MR) is 87.3 cm³/mol. The van der Waals surface area contributed by atoms with Gasteiger partial charge in [-0.1, -0.05) is 11.6 Å². The Morgan fingerprint density at radius 3 is 2.43 bits per heavy atom. The van der Waals surface area contributed by atoms with Gasteiger partial charge in [0.1, 0.15) is 6.07 Å². The van der Waals surface area contributed by atoms with Gasteiger partial charge in [0.2, 0.25) is 0 Å². The lowest BCUT2D eigenvalue weighted by Crippen LogP contribution is -2.50. The molecule has 0 unspecified atom stereocenters. The first-order valence-electron chi connectivity index (χ1n) is 7.13. The van der Waals surface area contributed by atoms with Crippen molar-refractivity contribution < 1.29 is 5.11 Å². The Bertz CT molecular complexity index is 579. The number of piperidine rings is 1. The van der Waals surface area contributed by atoms with E-state index in [-0.39, 0.29) is 12.4 Å². The highest BCUT2D eigenvalue weighted by atomic mass is 35.5. The molecule has 2 aliphatic rings. The molecule has 2 saturated heterocycles. The minimum atomic E-state index is -0.549. The fraction of sp³-hybridized carbons (Fsp3) is 0.562. The lowest BCUT2D eigenvalue weighted by atomic mass is 9.87. The molecule has 0 aliphatic carbocycles.